The average molecular weight is 347 g/mol. The van der Waals surface area contributed by atoms with Crippen LogP contribution in [0, 0.1) is 6.92 Å². The van der Waals surface area contributed by atoms with Crippen molar-refractivity contribution >= 4 is 33.3 Å². The smallest absolute Gasteiger partial charge is 0.259 e. The molecule has 25 heavy (non-hydrogen) atoms. The highest BCUT2D eigenvalue weighted by atomic mass is 32.1. The second kappa shape index (κ2) is 6.37. The van der Waals surface area contributed by atoms with E-state index in [1.54, 1.807) is 18.5 Å². The van der Waals surface area contributed by atoms with Gasteiger partial charge in [-0.1, -0.05) is 29.5 Å². The highest BCUT2D eigenvalue weighted by Crippen LogP contribution is 2.24. The molecule has 0 bridgehead atoms. The number of amides is 1. The molecule has 4 aromatic rings. The van der Waals surface area contributed by atoms with Crippen molar-refractivity contribution in [1.29, 1.82) is 0 Å². The number of carbonyl (C=O) groups is 1. The van der Waals surface area contributed by atoms with Crippen molar-refractivity contribution in [3.8, 4) is 11.3 Å². The quantitative estimate of drug-likeness (QED) is 0.611. The second-order valence-corrected chi connectivity index (χ2v) is 6.58. The predicted octanol–water partition coefficient (Wildman–Crippen LogP) is 3.71. The van der Waals surface area contributed by atoms with E-state index in [9.17, 15) is 4.79 Å². The van der Waals surface area contributed by atoms with Crippen molar-refractivity contribution in [2.45, 2.75) is 6.92 Å². The Kier molecular flexibility index (Phi) is 3.91. The first kappa shape index (κ1) is 15.3. The number of aryl methyl sites for hydroxylation is 1. The Labute approximate surface area is 147 Å². The first-order chi connectivity index (χ1) is 12.2. The van der Waals surface area contributed by atoms with Crippen molar-refractivity contribution in [2.75, 3.05) is 5.32 Å². The predicted molar refractivity (Wildman–Crippen MR) is 97.6 cm³/mol. The monoisotopic (exact) mass is 347 g/mol. The number of fused-ring (bicyclic) bond motifs is 1. The number of pyridine rings is 2. The van der Waals surface area contributed by atoms with Crippen LogP contribution in [0.4, 0.5) is 5.13 Å². The Morgan fingerprint density at radius 1 is 1.08 bits per heavy atom. The van der Waals surface area contributed by atoms with Gasteiger partial charge in [0.2, 0.25) is 5.13 Å². The number of benzene rings is 1. The molecule has 3 heterocycles. The fraction of sp³-hybridized carbons (Fsp3) is 0.0556. The van der Waals surface area contributed by atoms with Crippen LogP contribution in [0.2, 0.25) is 0 Å². The van der Waals surface area contributed by atoms with Crippen LogP contribution in [0.25, 0.3) is 22.2 Å². The van der Waals surface area contributed by atoms with Crippen molar-refractivity contribution in [2.24, 2.45) is 0 Å². The molecule has 0 aliphatic rings. The van der Waals surface area contributed by atoms with Crippen LogP contribution in [0.3, 0.4) is 0 Å². The van der Waals surface area contributed by atoms with Gasteiger partial charge in [-0.3, -0.25) is 15.1 Å². The van der Waals surface area contributed by atoms with Gasteiger partial charge in [-0.25, -0.2) is 4.98 Å². The third-order valence-corrected chi connectivity index (χ3v) is 4.42. The molecule has 1 amide bonds. The maximum absolute atomic E-state index is 12.7. The standard InChI is InChI=1S/C18H13N5OS/c1-11-22-23-18(25-11)21-17(24)14-6-2-4-12-7-8-15(20-16(12)14)13-5-3-9-19-10-13/h2-10H,1H3,(H,21,23,24). The van der Waals surface area contributed by atoms with Gasteiger partial charge in [0.15, 0.2) is 0 Å². The van der Waals surface area contributed by atoms with Gasteiger partial charge in [0, 0.05) is 23.3 Å². The maximum atomic E-state index is 12.7. The molecule has 0 saturated carbocycles. The Morgan fingerprint density at radius 3 is 2.76 bits per heavy atom. The molecule has 0 spiro atoms. The topological polar surface area (TPSA) is 80.7 Å². The van der Waals surface area contributed by atoms with E-state index < -0.39 is 0 Å². The molecule has 0 unspecified atom stereocenters. The van der Waals surface area contributed by atoms with Gasteiger partial charge < -0.3 is 0 Å². The number of anilines is 1. The van der Waals surface area contributed by atoms with E-state index in [1.807, 2.05) is 43.3 Å². The molecule has 0 radical (unpaired) electrons. The van der Waals surface area contributed by atoms with E-state index in [1.165, 1.54) is 11.3 Å². The van der Waals surface area contributed by atoms with Gasteiger partial charge in [0.1, 0.15) is 5.01 Å². The molecule has 7 heteroatoms. The summed E-state index contributed by atoms with van der Waals surface area (Å²) in [4.78, 5) is 21.5. The second-order valence-electron chi connectivity index (χ2n) is 5.40. The molecule has 0 aliphatic heterocycles. The summed E-state index contributed by atoms with van der Waals surface area (Å²) in [5, 5.41) is 12.8. The van der Waals surface area contributed by atoms with Gasteiger partial charge in [-0.15, -0.1) is 10.2 Å². The molecular weight excluding hydrogens is 334 g/mol. The molecule has 0 aliphatic carbocycles. The molecule has 1 aromatic carbocycles. The number of aromatic nitrogens is 4. The summed E-state index contributed by atoms with van der Waals surface area (Å²) in [6, 6.07) is 13.2. The Hall–Kier alpha value is -3.19. The number of hydrogen-bond acceptors (Lipinski definition) is 6. The molecule has 0 saturated heterocycles. The summed E-state index contributed by atoms with van der Waals surface area (Å²) >= 11 is 1.33. The number of nitrogens with zero attached hydrogens (tertiary/aromatic N) is 4. The summed E-state index contributed by atoms with van der Waals surface area (Å²) in [6.07, 6.45) is 3.47. The lowest BCUT2D eigenvalue weighted by Crippen LogP contribution is -2.12. The third kappa shape index (κ3) is 3.09. The Bertz CT molecular complexity index is 1060. The summed E-state index contributed by atoms with van der Waals surface area (Å²) in [7, 11) is 0. The zero-order chi connectivity index (χ0) is 17.2. The average Bonchev–Trinajstić information content (AvgIpc) is 3.06. The normalized spacial score (nSPS) is 10.8. The number of rotatable bonds is 3. The molecule has 4 rings (SSSR count). The van der Waals surface area contributed by atoms with Crippen LogP contribution in [0.5, 0.6) is 0 Å². The first-order valence-corrected chi connectivity index (χ1v) is 8.44. The first-order valence-electron chi connectivity index (χ1n) is 7.62. The lowest BCUT2D eigenvalue weighted by molar-refractivity contribution is 0.102. The van der Waals surface area contributed by atoms with Crippen molar-refractivity contribution in [1.82, 2.24) is 20.2 Å². The third-order valence-electron chi connectivity index (χ3n) is 3.67. The summed E-state index contributed by atoms with van der Waals surface area (Å²) < 4.78 is 0. The number of carbonyl (C=O) groups excluding carboxylic acids is 1. The van der Waals surface area contributed by atoms with Crippen LogP contribution < -0.4 is 5.32 Å². The molecule has 6 nitrogen and oxygen atoms in total. The highest BCUT2D eigenvalue weighted by Gasteiger charge is 2.14. The fourth-order valence-corrected chi connectivity index (χ4v) is 3.10. The minimum Gasteiger partial charge on any atom is -0.296 e. The minimum absolute atomic E-state index is 0.252. The van der Waals surface area contributed by atoms with Gasteiger partial charge >= 0.3 is 0 Å². The summed E-state index contributed by atoms with van der Waals surface area (Å²) in [6.45, 7) is 1.84. The van der Waals surface area contributed by atoms with Gasteiger partial charge in [0.25, 0.3) is 5.91 Å². The van der Waals surface area contributed by atoms with E-state index >= 15 is 0 Å². The lowest BCUT2D eigenvalue weighted by atomic mass is 10.1. The van der Waals surface area contributed by atoms with E-state index in [-0.39, 0.29) is 5.91 Å². The molecule has 3 aromatic heterocycles. The Morgan fingerprint density at radius 2 is 2.00 bits per heavy atom. The van der Waals surface area contributed by atoms with Crippen LogP contribution >= 0.6 is 11.3 Å². The molecule has 0 fully saturated rings. The van der Waals surface area contributed by atoms with Crippen LogP contribution in [-0.4, -0.2) is 26.1 Å². The van der Waals surface area contributed by atoms with Crippen LogP contribution in [-0.2, 0) is 0 Å². The largest absolute Gasteiger partial charge is 0.296 e. The summed E-state index contributed by atoms with van der Waals surface area (Å²) in [5.74, 6) is -0.252. The van der Waals surface area contributed by atoms with E-state index in [2.05, 4.69) is 25.5 Å². The van der Waals surface area contributed by atoms with Crippen molar-refractivity contribution in [3.63, 3.8) is 0 Å². The zero-order valence-corrected chi connectivity index (χ0v) is 14.1. The number of para-hydroxylation sites is 1. The van der Waals surface area contributed by atoms with Crippen molar-refractivity contribution in [3.05, 3.63) is 65.4 Å². The van der Waals surface area contributed by atoms with E-state index in [0.29, 0.717) is 16.2 Å². The van der Waals surface area contributed by atoms with Crippen LogP contribution in [0.1, 0.15) is 15.4 Å². The molecule has 122 valence electrons. The lowest BCUT2D eigenvalue weighted by Gasteiger charge is -2.07. The SMILES string of the molecule is Cc1nnc(NC(=O)c2cccc3ccc(-c4cccnc4)nc23)s1. The fourth-order valence-electron chi connectivity index (χ4n) is 2.52. The summed E-state index contributed by atoms with van der Waals surface area (Å²) in [5.41, 5.74) is 2.81. The zero-order valence-electron chi connectivity index (χ0n) is 13.3. The molecule has 1 N–H and O–H groups in total. The number of hydrogen-bond donors (Lipinski definition) is 1. The Balaban J connectivity index is 1.76. The maximum Gasteiger partial charge on any atom is 0.259 e. The number of nitrogens with one attached hydrogen (secondary N) is 1. The van der Waals surface area contributed by atoms with Gasteiger partial charge in [0.05, 0.1) is 16.8 Å². The van der Waals surface area contributed by atoms with Gasteiger partial charge in [-0.2, -0.15) is 0 Å². The van der Waals surface area contributed by atoms with E-state index in [4.69, 9.17) is 0 Å². The van der Waals surface area contributed by atoms with Crippen molar-refractivity contribution < 1.29 is 4.79 Å². The molecular formula is C18H13N5OS. The van der Waals surface area contributed by atoms with Gasteiger partial charge in [-0.05, 0) is 31.2 Å². The minimum atomic E-state index is -0.252. The van der Waals surface area contributed by atoms with E-state index in [0.717, 1.165) is 21.7 Å². The molecule has 0 atom stereocenters. The highest BCUT2D eigenvalue weighted by molar-refractivity contribution is 7.15. The van der Waals surface area contributed by atoms with Crippen LogP contribution in [0.15, 0.2) is 54.9 Å².